The average Bonchev–Trinajstić information content (AvgIpc) is 2.97. The summed E-state index contributed by atoms with van der Waals surface area (Å²) in [4.78, 5) is 3.01. The number of benzene rings is 2. The number of anilines is 1. The van der Waals surface area contributed by atoms with Crippen LogP contribution in [0.15, 0.2) is 53.6 Å². The number of nitrogens with one attached hydrogen (secondary N) is 2. The number of rotatable bonds is 5. The highest BCUT2D eigenvalue weighted by Gasteiger charge is 2.20. The molecule has 0 aliphatic heterocycles. The van der Waals surface area contributed by atoms with Crippen LogP contribution in [-0.4, -0.2) is 28.1 Å². The number of aromatic amines is 1. The summed E-state index contributed by atoms with van der Waals surface area (Å²) >= 11 is 0. The second-order valence-corrected chi connectivity index (χ2v) is 9.56. The van der Waals surface area contributed by atoms with Crippen LogP contribution in [0.5, 0.6) is 0 Å². The molecule has 2 N–H and O–H groups in total. The lowest BCUT2D eigenvalue weighted by Crippen LogP contribution is -2.09. The van der Waals surface area contributed by atoms with Crippen molar-refractivity contribution in [3.05, 3.63) is 59.8 Å². The standard InChI is InChI=1S/C17H15N3O4S2/c1-25(21,22)20-14-6-7-15-16(8-14)19-10-17(15)26(23,24)11-13-4-2-12(9-18)3-5-13/h2-8,10,19-20H,11H2,1H3. The zero-order valence-corrected chi connectivity index (χ0v) is 15.4. The Balaban J connectivity index is 1.94. The van der Waals surface area contributed by atoms with Crippen molar-refractivity contribution < 1.29 is 16.8 Å². The highest BCUT2D eigenvalue weighted by Crippen LogP contribution is 2.28. The first-order valence-corrected chi connectivity index (χ1v) is 11.0. The summed E-state index contributed by atoms with van der Waals surface area (Å²) in [7, 11) is -7.04. The number of sulfone groups is 1. The first-order valence-electron chi connectivity index (χ1n) is 7.49. The molecule has 0 bridgehead atoms. The van der Waals surface area contributed by atoms with Gasteiger partial charge in [0.05, 0.1) is 34.2 Å². The lowest BCUT2D eigenvalue weighted by Gasteiger charge is -2.06. The van der Waals surface area contributed by atoms with E-state index in [1.165, 1.54) is 18.3 Å². The summed E-state index contributed by atoms with van der Waals surface area (Å²) in [6.45, 7) is 0. The van der Waals surface area contributed by atoms with Crippen molar-refractivity contribution in [3.63, 3.8) is 0 Å². The first-order chi connectivity index (χ1) is 12.2. The third kappa shape index (κ3) is 3.87. The van der Waals surface area contributed by atoms with Crippen molar-refractivity contribution in [1.29, 1.82) is 5.26 Å². The molecule has 3 aromatic rings. The quantitative estimate of drug-likeness (QED) is 0.694. The minimum absolute atomic E-state index is 0.141. The predicted octanol–water partition coefficient (Wildman–Crippen LogP) is 2.38. The zero-order chi connectivity index (χ0) is 18.9. The van der Waals surface area contributed by atoms with Crippen LogP contribution in [0.1, 0.15) is 11.1 Å². The molecule has 3 rings (SSSR count). The third-order valence-electron chi connectivity index (χ3n) is 3.72. The van der Waals surface area contributed by atoms with Crippen LogP contribution in [0, 0.1) is 11.3 Å². The van der Waals surface area contributed by atoms with Crippen LogP contribution >= 0.6 is 0 Å². The van der Waals surface area contributed by atoms with Crippen LogP contribution in [0.3, 0.4) is 0 Å². The van der Waals surface area contributed by atoms with Crippen molar-refractivity contribution in [2.45, 2.75) is 10.6 Å². The predicted molar refractivity (Wildman–Crippen MR) is 98.8 cm³/mol. The molecule has 26 heavy (non-hydrogen) atoms. The molecular formula is C17H15N3O4S2. The van der Waals surface area contributed by atoms with E-state index in [9.17, 15) is 16.8 Å². The van der Waals surface area contributed by atoms with Gasteiger partial charge in [-0.25, -0.2) is 16.8 Å². The fourth-order valence-electron chi connectivity index (χ4n) is 2.61. The minimum Gasteiger partial charge on any atom is -0.360 e. The van der Waals surface area contributed by atoms with Gasteiger partial charge in [-0.15, -0.1) is 0 Å². The van der Waals surface area contributed by atoms with E-state index >= 15 is 0 Å². The molecule has 0 aliphatic rings. The number of sulfonamides is 1. The highest BCUT2D eigenvalue weighted by molar-refractivity contribution is 7.92. The molecule has 1 heterocycles. The molecule has 9 heteroatoms. The second kappa shape index (κ2) is 6.48. The summed E-state index contributed by atoms with van der Waals surface area (Å²) in [6, 6.07) is 13.0. The van der Waals surface area contributed by atoms with Gasteiger partial charge in [-0.2, -0.15) is 5.26 Å². The van der Waals surface area contributed by atoms with E-state index < -0.39 is 19.9 Å². The van der Waals surface area contributed by atoms with Gasteiger partial charge >= 0.3 is 0 Å². The van der Waals surface area contributed by atoms with Crippen molar-refractivity contribution in [1.82, 2.24) is 4.98 Å². The Kier molecular flexibility index (Phi) is 4.48. The summed E-state index contributed by atoms with van der Waals surface area (Å²) in [5.41, 5.74) is 1.90. The van der Waals surface area contributed by atoms with Gasteiger partial charge in [-0.1, -0.05) is 12.1 Å². The van der Waals surface area contributed by atoms with Crippen LogP contribution in [-0.2, 0) is 25.6 Å². The van der Waals surface area contributed by atoms with Gasteiger partial charge in [-0.05, 0) is 35.9 Å². The van der Waals surface area contributed by atoms with E-state index in [0.29, 0.717) is 27.7 Å². The van der Waals surface area contributed by atoms with Gasteiger partial charge in [-0.3, -0.25) is 4.72 Å². The topological polar surface area (TPSA) is 120 Å². The van der Waals surface area contributed by atoms with E-state index in [1.54, 1.807) is 30.3 Å². The summed E-state index contributed by atoms with van der Waals surface area (Å²) < 4.78 is 50.5. The molecule has 0 fully saturated rings. The van der Waals surface area contributed by atoms with Crippen molar-refractivity contribution in [2.24, 2.45) is 0 Å². The van der Waals surface area contributed by atoms with Crippen LogP contribution in [0.2, 0.25) is 0 Å². The molecule has 134 valence electrons. The van der Waals surface area contributed by atoms with Gasteiger partial charge in [0.2, 0.25) is 10.0 Å². The lowest BCUT2D eigenvalue weighted by molar-refractivity contribution is 0.596. The van der Waals surface area contributed by atoms with Crippen LogP contribution in [0.25, 0.3) is 10.9 Å². The number of H-pyrrole nitrogens is 1. The van der Waals surface area contributed by atoms with Crippen molar-refractivity contribution in [3.8, 4) is 6.07 Å². The molecule has 7 nitrogen and oxygen atoms in total. The highest BCUT2D eigenvalue weighted by atomic mass is 32.2. The molecule has 0 aliphatic carbocycles. The van der Waals surface area contributed by atoms with Gasteiger partial charge in [0, 0.05) is 17.1 Å². The molecule has 2 aromatic carbocycles. The van der Waals surface area contributed by atoms with E-state index in [2.05, 4.69) is 9.71 Å². The molecule has 0 atom stereocenters. The van der Waals surface area contributed by atoms with E-state index in [-0.39, 0.29) is 10.6 Å². The van der Waals surface area contributed by atoms with E-state index in [1.807, 2.05) is 6.07 Å². The summed E-state index contributed by atoms with van der Waals surface area (Å²) in [6.07, 6.45) is 2.44. The molecule has 0 unspecified atom stereocenters. The number of hydrogen-bond donors (Lipinski definition) is 2. The Morgan fingerprint density at radius 3 is 2.38 bits per heavy atom. The molecule has 0 spiro atoms. The Bertz CT molecular complexity index is 1220. The van der Waals surface area contributed by atoms with Gasteiger partial charge in [0.1, 0.15) is 0 Å². The van der Waals surface area contributed by atoms with Crippen molar-refractivity contribution >= 4 is 36.5 Å². The first kappa shape index (κ1) is 18.0. The smallest absolute Gasteiger partial charge is 0.229 e. The number of fused-ring (bicyclic) bond motifs is 1. The largest absolute Gasteiger partial charge is 0.360 e. The fraction of sp³-hybridized carbons (Fsp3) is 0.118. The van der Waals surface area contributed by atoms with Gasteiger partial charge < -0.3 is 4.98 Å². The Hall–Kier alpha value is -2.83. The van der Waals surface area contributed by atoms with Gasteiger partial charge in [0.25, 0.3) is 0 Å². The molecule has 0 amide bonds. The minimum atomic E-state index is -3.62. The van der Waals surface area contributed by atoms with E-state index in [4.69, 9.17) is 5.26 Å². The average molecular weight is 389 g/mol. The molecular weight excluding hydrogens is 374 g/mol. The molecule has 0 saturated carbocycles. The number of nitrogens with zero attached hydrogens (tertiary/aromatic N) is 1. The third-order valence-corrected chi connectivity index (χ3v) is 6.05. The summed E-state index contributed by atoms with van der Waals surface area (Å²) in [5, 5.41) is 9.29. The second-order valence-electron chi connectivity index (χ2n) is 5.86. The monoisotopic (exact) mass is 389 g/mol. The SMILES string of the molecule is CS(=O)(=O)Nc1ccc2c(S(=O)(=O)Cc3ccc(C#N)cc3)c[nH]c2c1. The van der Waals surface area contributed by atoms with Crippen LogP contribution in [0.4, 0.5) is 5.69 Å². The maximum atomic E-state index is 12.7. The number of aromatic nitrogens is 1. The van der Waals surface area contributed by atoms with E-state index in [0.717, 1.165) is 6.26 Å². The number of nitriles is 1. The summed E-state index contributed by atoms with van der Waals surface area (Å²) in [5.74, 6) is -0.199. The maximum Gasteiger partial charge on any atom is 0.229 e. The Morgan fingerprint density at radius 1 is 1.08 bits per heavy atom. The fourth-order valence-corrected chi connectivity index (χ4v) is 4.70. The van der Waals surface area contributed by atoms with Gasteiger partial charge in [0.15, 0.2) is 9.84 Å². The normalized spacial score (nSPS) is 12.0. The zero-order valence-electron chi connectivity index (χ0n) is 13.7. The molecule has 0 saturated heterocycles. The maximum absolute atomic E-state index is 12.7. The molecule has 1 aromatic heterocycles. The number of hydrogen-bond acceptors (Lipinski definition) is 5. The van der Waals surface area contributed by atoms with Crippen molar-refractivity contribution in [2.75, 3.05) is 11.0 Å². The Morgan fingerprint density at radius 2 is 1.77 bits per heavy atom. The van der Waals surface area contributed by atoms with Crippen LogP contribution < -0.4 is 4.72 Å². The lowest BCUT2D eigenvalue weighted by atomic mass is 10.2. The molecule has 0 radical (unpaired) electrons. The Labute approximate surface area is 151 Å².